The van der Waals surface area contributed by atoms with Gasteiger partial charge in [-0.05, 0) is 77.0 Å². The average Bonchev–Trinajstić information content (AvgIpc) is 2.91. The Labute approximate surface area is 202 Å². The van der Waals surface area contributed by atoms with Crippen LogP contribution in [0.1, 0.15) is 0 Å². The number of methoxy groups -OCH3 is 2. The topological polar surface area (TPSA) is 69.2 Å². The van der Waals surface area contributed by atoms with Crippen molar-refractivity contribution in [3.05, 3.63) is 91.5 Å². The smallest absolute Gasteiger partial charge is 0.139 e. The summed E-state index contributed by atoms with van der Waals surface area (Å²) in [6.07, 6.45) is 5.07. The number of fused-ring (bicyclic) bond motifs is 1. The first-order valence-corrected chi connectivity index (χ1v) is 11.5. The molecule has 0 aliphatic carbocycles. The van der Waals surface area contributed by atoms with Crippen LogP contribution in [0.2, 0.25) is 0 Å². The maximum atomic E-state index is 5.78. The second kappa shape index (κ2) is 9.80. The highest BCUT2D eigenvalue weighted by Gasteiger charge is 2.13. The summed E-state index contributed by atoms with van der Waals surface area (Å²) in [4.78, 5) is 13.9. The lowest BCUT2D eigenvalue weighted by atomic mass is 9.99. The van der Waals surface area contributed by atoms with Crippen molar-refractivity contribution in [3.8, 4) is 33.9 Å². The van der Waals surface area contributed by atoms with E-state index < -0.39 is 0 Å². The van der Waals surface area contributed by atoms with Gasteiger partial charge in [-0.15, -0.1) is 0 Å². The van der Waals surface area contributed by atoms with Crippen molar-refractivity contribution in [2.24, 2.45) is 0 Å². The van der Waals surface area contributed by atoms with Crippen molar-refractivity contribution in [2.75, 3.05) is 18.9 Å². The van der Waals surface area contributed by atoms with Gasteiger partial charge in [0.25, 0.3) is 0 Å². The van der Waals surface area contributed by atoms with E-state index in [1.807, 2.05) is 48.7 Å². The Bertz CT molecular complexity index is 1430. The molecule has 5 rings (SSSR count). The fourth-order valence-electron chi connectivity index (χ4n) is 3.75. The maximum absolute atomic E-state index is 5.78. The summed E-state index contributed by atoms with van der Waals surface area (Å²) in [7, 11) is 3.36. The zero-order valence-corrected chi connectivity index (χ0v) is 19.5. The second-order valence-corrected chi connectivity index (χ2v) is 8.36. The largest absolute Gasteiger partial charge is 0.497 e. The third-order valence-corrected chi connectivity index (χ3v) is 6.27. The van der Waals surface area contributed by atoms with Crippen LogP contribution in [0.3, 0.4) is 0 Å². The Hall–Kier alpha value is -4.10. The van der Waals surface area contributed by atoms with Gasteiger partial charge >= 0.3 is 0 Å². The number of anilines is 1. The van der Waals surface area contributed by atoms with Crippen LogP contribution in [0.5, 0.6) is 11.5 Å². The van der Waals surface area contributed by atoms with E-state index in [9.17, 15) is 0 Å². The number of hydrogen-bond acceptors (Lipinski definition) is 7. The highest BCUT2D eigenvalue weighted by Crippen LogP contribution is 2.37. The fraction of sp³-hybridized carbons (Fsp3) is 0.0741. The number of benzene rings is 3. The number of nitrogens with one attached hydrogen (secondary N) is 1. The summed E-state index contributed by atoms with van der Waals surface area (Å²) < 4.78 is 14.3. The van der Waals surface area contributed by atoms with E-state index >= 15 is 0 Å². The van der Waals surface area contributed by atoms with Gasteiger partial charge in [-0.2, -0.15) is 0 Å². The SMILES string of the molecule is COc1ccc(-c2ccc(-c3nccc4cc(SNc5ccncn5)ccc34)c(OC)c2)cc1. The Morgan fingerprint density at radius 3 is 2.38 bits per heavy atom. The van der Waals surface area contributed by atoms with Crippen LogP contribution in [0.15, 0.2) is 96.4 Å². The van der Waals surface area contributed by atoms with Gasteiger partial charge in [-0.1, -0.05) is 24.3 Å². The average molecular weight is 467 g/mol. The Kier molecular flexibility index (Phi) is 6.27. The van der Waals surface area contributed by atoms with Crippen LogP contribution in [0, 0.1) is 0 Å². The molecule has 0 fully saturated rings. The van der Waals surface area contributed by atoms with Crippen LogP contribution in [0.4, 0.5) is 5.82 Å². The quantitative estimate of drug-likeness (QED) is 0.275. The number of ether oxygens (including phenoxy) is 2. The first-order valence-electron chi connectivity index (χ1n) is 10.7. The lowest BCUT2D eigenvalue weighted by molar-refractivity contribution is 0.415. The van der Waals surface area contributed by atoms with Crippen molar-refractivity contribution >= 4 is 28.5 Å². The summed E-state index contributed by atoms with van der Waals surface area (Å²) in [6.45, 7) is 0. The third-order valence-electron chi connectivity index (χ3n) is 5.47. The molecule has 0 unspecified atom stereocenters. The van der Waals surface area contributed by atoms with Gasteiger partial charge in [-0.25, -0.2) is 9.97 Å². The molecule has 5 aromatic rings. The van der Waals surface area contributed by atoms with Gasteiger partial charge in [0.05, 0.1) is 19.9 Å². The van der Waals surface area contributed by atoms with Gasteiger partial charge < -0.3 is 14.2 Å². The number of pyridine rings is 1. The molecular weight excluding hydrogens is 444 g/mol. The predicted molar refractivity (Wildman–Crippen MR) is 137 cm³/mol. The number of nitrogens with zero attached hydrogens (tertiary/aromatic N) is 3. The van der Waals surface area contributed by atoms with Gasteiger partial charge in [-0.3, -0.25) is 4.98 Å². The first-order chi connectivity index (χ1) is 16.7. The lowest BCUT2D eigenvalue weighted by Crippen LogP contribution is -1.93. The highest BCUT2D eigenvalue weighted by molar-refractivity contribution is 8.00. The van der Waals surface area contributed by atoms with E-state index in [-0.39, 0.29) is 0 Å². The second-order valence-electron chi connectivity index (χ2n) is 7.48. The van der Waals surface area contributed by atoms with Gasteiger partial charge in [0.15, 0.2) is 0 Å². The summed E-state index contributed by atoms with van der Waals surface area (Å²) >= 11 is 1.51. The molecule has 0 spiro atoms. The molecule has 168 valence electrons. The molecular formula is C27H22N4O2S. The van der Waals surface area contributed by atoms with Crippen LogP contribution in [-0.2, 0) is 0 Å². The lowest BCUT2D eigenvalue weighted by Gasteiger charge is -2.13. The molecule has 0 saturated carbocycles. The molecule has 6 nitrogen and oxygen atoms in total. The minimum Gasteiger partial charge on any atom is -0.497 e. The number of hydrogen-bond donors (Lipinski definition) is 1. The molecule has 3 aromatic carbocycles. The molecule has 0 aliphatic rings. The van der Waals surface area contributed by atoms with Gasteiger partial charge in [0.2, 0.25) is 0 Å². The summed E-state index contributed by atoms with van der Waals surface area (Å²) in [6, 6.07) is 24.4. The van der Waals surface area contributed by atoms with Gasteiger partial charge in [0.1, 0.15) is 23.6 Å². The van der Waals surface area contributed by atoms with Crippen molar-refractivity contribution in [3.63, 3.8) is 0 Å². The summed E-state index contributed by atoms with van der Waals surface area (Å²) in [5.74, 6) is 2.37. The first kappa shape index (κ1) is 21.7. The number of rotatable bonds is 7. The minimum atomic E-state index is 0.761. The van der Waals surface area contributed by atoms with Crippen LogP contribution >= 0.6 is 11.9 Å². The van der Waals surface area contributed by atoms with Crippen molar-refractivity contribution < 1.29 is 9.47 Å². The molecule has 34 heavy (non-hydrogen) atoms. The Morgan fingerprint density at radius 1 is 0.765 bits per heavy atom. The van der Waals surface area contributed by atoms with Gasteiger partial charge in [0, 0.05) is 28.2 Å². The molecule has 2 aromatic heterocycles. The molecule has 0 radical (unpaired) electrons. The normalized spacial score (nSPS) is 10.8. The van der Waals surface area contributed by atoms with E-state index in [1.54, 1.807) is 20.4 Å². The Balaban J connectivity index is 1.46. The molecule has 0 aliphatic heterocycles. The van der Waals surface area contributed by atoms with E-state index in [0.29, 0.717) is 0 Å². The minimum absolute atomic E-state index is 0.761. The van der Waals surface area contributed by atoms with E-state index in [2.05, 4.69) is 45.0 Å². The zero-order chi connectivity index (χ0) is 23.3. The van der Waals surface area contributed by atoms with E-state index in [4.69, 9.17) is 14.5 Å². The standard InChI is InChI=1S/C27H22N4O2S/c1-32-21-6-3-18(4-7-21)19-5-9-24(25(16-19)33-2)27-23-10-8-22(15-20(23)11-14-29-27)34-31-26-12-13-28-17-30-26/h3-17H,1-2H3,(H,28,30,31). The molecule has 2 heterocycles. The van der Waals surface area contributed by atoms with Crippen LogP contribution in [0.25, 0.3) is 33.2 Å². The molecule has 0 amide bonds. The number of aromatic nitrogens is 3. The molecule has 0 bridgehead atoms. The summed E-state index contributed by atoms with van der Waals surface area (Å²) in [5.41, 5.74) is 3.99. The van der Waals surface area contributed by atoms with Crippen LogP contribution in [-0.4, -0.2) is 29.2 Å². The molecule has 7 heteroatoms. The highest BCUT2D eigenvalue weighted by atomic mass is 32.2. The zero-order valence-electron chi connectivity index (χ0n) is 18.7. The van der Waals surface area contributed by atoms with Crippen molar-refractivity contribution in [2.45, 2.75) is 4.90 Å². The predicted octanol–water partition coefficient (Wildman–Crippen LogP) is 6.50. The molecule has 1 N–H and O–H groups in total. The van der Waals surface area contributed by atoms with E-state index in [0.717, 1.165) is 55.4 Å². The molecule has 0 saturated heterocycles. The fourth-order valence-corrected chi connectivity index (χ4v) is 4.41. The monoisotopic (exact) mass is 466 g/mol. The van der Waals surface area contributed by atoms with Crippen molar-refractivity contribution in [1.29, 1.82) is 0 Å². The summed E-state index contributed by atoms with van der Waals surface area (Å²) in [5, 5.41) is 2.16. The Morgan fingerprint density at radius 2 is 1.62 bits per heavy atom. The van der Waals surface area contributed by atoms with E-state index in [1.165, 1.54) is 18.3 Å². The maximum Gasteiger partial charge on any atom is 0.139 e. The third kappa shape index (κ3) is 4.51. The van der Waals surface area contributed by atoms with Crippen LogP contribution < -0.4 is 14.2 Å². The van der Waals surface area contributed by atoms with Crippen molar-refractivity contribution in [1.82, 2.24) is 15.0 Å². The molecule has 0 atom stereocenters.